The highest BCUT2D eigenvalue weighted by Gasteiger charge is 2.05. The first-order valence-electron chi connectivity index (χ1n) is 7.61. The molecule has 1 atom stereocenters. The summed E-state index contributed by atoms with van der Waals surface area (Å²) in [5, 5.41) is 10.0. The molecule has 1 aromatic carbocycles. The third-order valence-corrected chi connectivity index (χ3v) is 3.50. The summed E-state index contributed by atoms with van der Waals surface area (Å²) in [7, 11) is 0. The Kier molecular flexibility index (Phi) is 9.46. The Balaban J connectivity index is 1.93. The van der Waals surface area contributed by atoms with Crippen molar-refractivity contribution in [1.82, 2.24) is 0 Å². The molecule has 0 spiro atoms. The molecule has 0 bridgehead atoms. The topological polar surface area (TPSA) is 49.7 Å². The Hall–Kier alpha value is -1.44. The number of carbonyl (C=O) groups excluding carboxylic acids is 1. The Bertz CT molecular complexity index is 385. The maximum absolute atomic E-state index is 10.0. The van der Waals surface area contributed by atoms with Gasteiger partial charge in [0.05, 0.1) is 12.6 Å². The van der Waals surface area contributed by atoms with Crippen LogP contribution in [0.5, 0.6) is 0 Å². The van der Waals surface area contributed by atoms with E-state index in [2.05, 4.69) is 4.99 Å². The highest BCUT2D eigenvalue weighted by molar-refractivity contribution is 5.32. The Morgan fingerprint density at radius 3 is 2.20 bits per heavy atom. The summed E-state index contributed by atoms with van der Waals surface area (Å²) in [6.45, 7) is 0.618. The van der Waals surface area contributed by atoms with Crippen molar-refractivity contribution >= 4 is 6.08 Å². The normalized spacial score (nSPS) is 11.8. The van der Waals surface area contributed by atoms with Gasteiger partial charge in [0.2, 0.25) is 6.08 Å². The Labute approximate surface area is 121 Å². The lowest BCUT2D eigenvalue weighted by Crippen LogP contribution is -1.96. The monoisotopic (exact) mass is 275 g/mol. The van der Waals surface area contributed by atoms with Crippen LogP contribution >= 0.6 is 0 Å². The minimum absolute atomic E-state index is 0.322. The van der Waals surface area contributed by atoms with Gasteiger partial charge in [-0.15, -0.1) is 0 Å². The van der Waals surface area contributed by atoms with Crippen molar-refractivity contribution in [2.45, 2.75) is 57.5 Å². The molecule has 0 aliphatic heterocycles. The van der Waals surface area contributed by atoms with Crippen LogP contribution in [0.3, 0.4) is 0 Å². The van der Waals surface area contributed by atoms with E-state index in [9.17, 15) is 9.90 Å². The van der Waals surface area contributed by atoms with Gasteiger partial charge in [-0.1, -0.05) is 68.9 Å². The van der Waals surface area contributed by atoms with Crippen LogP contribution in [-0.2, 0) is 4.79 Å². The fourth-order valence-electron chi connectivity index (χ4n) is 2.30. The fraction of sp³-hybridized carbons (Fsp3) is 0.588. The van der Waals surface area contributed by atoms with Crippen molar-refractivity contribution < 1.29 is 9.90 Å². The number of isocyanates is 1. The predicted molar refractivity (Wildman–Crippen MR) is 81.3 cm³/mol. The zero-order valence-electron chi connectivity index (χ0n) is 12.1. The number of nitrogens with zero attached hydrogens (tertiary/aromatic N) is 1. The van der Waals surface area contributed by atoms with E-state index < -0.39 is 0 Å². The van der Waals surface area contributed by atoms with Gasteiger partial charge in [0, 0.05) is 0 Å². The van der Waals surface area contributed by atoms with Gasteiger partial charge in [0.15, 0.2) is 0 Å². The van der Waals surface area contributed by atoms with Crippen LogP contribution in [0.1, 0.15) is 63.0 Å². The van der Waals surface area contributed by atoms with Gasteiger partial charge in [-0.05, 0) is 18.4 Å². The molecular weight excluding hydrogens is 250 g/mol. The molecule has 0 aliphatic rings. The molecule has 0 aromatic heterocycles. The lowest BCUT2D eigenvalue weighted by molar-refractivity contribution is 0.163. The molecule has 0 fully saturated rings. The molecule has 1 N–H and O–H groups in total. The third-order valence-electron chi connectivity index (χ3n) is 3.50. The highest BCUT2D eigenvalue weighted by atomic mass is 16.3. The highest BCUT2D eigenvalue weighted by Crippen LogP contribution is 2.19. The number of aliphatic hydroxyl groups is 1. The SMILES string of the molecule is O=C=NCCCCCCCCCC(O)c1ccccc1. The van der Waals surface area contributed by atoms with Crippen molar-refractivity contribution in [3.05, 3.63) is 35.9 Å². The van der Waals surface area contributed by atoms with Crippen LogP contribution in [0.2, 0.25) is 0 Å². The minimum Gasteiger partial charge on any atom is -0.388 e. The van der Waals surface area contributed by atoms with Gasteiger partial charge in [0.1, 0.15) is 0 Å². The first kappa shape index (κ1) is 16.6. The quantitative estimate of drug-likeness (QED) is 0.374. The summed E-state index contributed by atoms with van der Waals surface area (Å²) in [5.41, 5.74) is 1.02. The van der Waals surface area contributed by atoms with Crippen LogP contribution in [0.4, 0.5) is 0 Å². The van der Waals surface area contributed by atoms with Crippen LogP contribution in [0, 0.1) is 0 Å². The van der Waals surface area contributed by atoms with Gasteiger partial charge in [0.25, 0.3) is 0 Å². The Morgan fingerprint density at radius 1 is 0.950 bits per heavy atom. The molecule has 20 heavy (non-hydrogen) atoms. The van der Waals surface area contributed by atoms with Crippen molar-refractivity contribution in [2.24, 2.45) is 4.99 Å². The van der Waals surface area contributed by atoms with E-state index in [4.69, 9.17) is 0 Å². The smallest absolute Gasteiger partial charge is 0.234 e. The molecule has 1 unspecified atom stereocenters. The number of rotatable bonds is 11. The molecule has 0 aliphatic carbocycles. The van der Waals surface area contributed by atoms with E-state index in [1.54, 1.807) is 6.08 Å². The van der Waals surface area contributed by atoms with Gasteiger partial charge >= 0.3 is 0 Å². The number of unbranched alkanes of at least 4 members (excludes halogenated alkanes) is 6. The molecular formula is C17H25NO2. The summed E-state index contributed by atoms with van der Waals surface area (Å²) in [6, 6.07) is 9.86. The van der Waals surface area contributed by atoms with Crippen LogP contribution < -0.4 is 0 Å². The molecule has 0 amide bonds. The summed E-state index contributed by atoms with van der Waals surface area (Å²) in [5.74, 6) is 0. The maximum Gasteiger partial charge on any atom is 0.234 e. The number of aliphatic hydroxyl groups excluding tert-OH is 1. The van der Waals surface area contributed by atoms with E-state index in [0.29, 0.717) is 6.54 Å². The molecule has 3 heteroatoms. The molecule has 0 saturated heterocycles. The molecule has 1 aromatic rings. The van der Waals surface area contributed by atoms with Crippen molar-refractivity contribution in [1.29, 1.82) is 0 Å². The van der Waals surface area contributed by atoms with E-state index >= 15 is 0 Å². The average Bonchev–Trinajstić information content (AvgIpc) is 2.50. The molecule has 1 rings (SSSR count). The van der Waals surface area contributed by atoms with E-state index in [1.165, 1.54) is 25.7 Å². The maximum atomic E-state index is 10.0. The second kappa shape index (κ2) is 11.4. The van der Waals surface area contributed by atoms with E-state index in [1.807, 2.05) is 30.3 Å². The third kappa shape index (κ3) is 7.88. The van der Waals surface area contributed by atoms with Crippen LogP contribution in [0.15, 0.2) is 35.3 Å². The second-order valence-electron chi connectivity index (χ2n) is 5.16. The standard InChI is InChI=1S/C17H25NO2/c19-15-18-14-10-5-3-1-2-4-9-13-17(20)16-11-7-6-8-12-16/h6-8,11-12,17,20H,1-5,9-10,13-14H2. The van der Waals surface area contributed by atoms with Crippen molar-refractivity contribution in [3.8, 4) is 0 Å². The van der Waals surface area contributed by atoms with Crippen LogP contribution in [0.25, 0.3) is 0 Å². The minimum atomic E-state index is -0.322. The van der Waals surface area contributed by atoms with Crippen molar-refractivity contribution in [3.63, 3.8) is 0 Å². The molecule has 3 nitrogen and oxygen atoms in total. The van der Waals surface area contributed by atoms with Gasteiger partial charge < -0.3 is 5.11 Å². The molecule has 0 saturated carbocycles. The molecule has 110 valence electrons. The predicted octanol–water partition coefficient (Wildman–Crippen LogP) is 4.18. The van der Waals surface area contributed by atoms with Gasteiger partial charge in [-0.3, -0.25) is 0 Å². The zero-order valence-corrected chi connectivity index (χ0v) is 12.1. The summed E-state index contributed by atoms with van der Waals surface area (Å²) >= 11 is 0. The number of benzene rings is 1. The molecule has 0 radical (unpaired) electrons. The van der Waals surface area contributed by atoms with Gasteiger partial charge in [-0.2, -0.15) is 0 Å². The molecule has 0 heterocycles. The Morgan fingerprint density at radius 2 is 1.55 bits per heavy atom. The largest absolute Gasteiger partial charge is 0.388 e. The van der Waals surface area contributed by atoms with Crippen molar-refractivity contribution in [2.75, 3.05) is 6.54 Å². The number of aliphatic imine (C=N–C) groups is 1. The summed E-state index contributed by atoms with van der Waals surface area (Å²) in [6.07, 6.45) is 10.1. The second-order valence-corrected chi connectivity index (χ2v) is 5.16. The average molecular weight is 275 g/mol. The fourth-order valence-corrected chi connectivity index (χ4v) is 2.30. The lowest BCUT2D eigenvalue weighted by Gasteiger charge is -2.10. The summed E-state index contributed by atoms with van der Waals surface area (Å²) in [4.78, 5) is 13.4. The van der Waals surface area contributed by atoms with E-state index in [-0.39, 0.29) is 6.10 Å². The number of hydrogen-bond acceptors (Lipinski definition) is 3. The summed E-state index contributed by atoms with van der Waals surface area (Å²) < 4.78 is 0. The first-order valence-corrected chi connectivity index (χ1v) is 7.61. The van der Waals surface area contributed by atoms with E-state index in [0.717, 1.165) is 31.2 Å². The first-order chi connectivity index (χ1) is 9.84. The van der Waals surface area contributed by atoms with Gasteiger partial charge in [-0.25, -0.2) is 9.79 Å². The zero-order chi connectivity index (χ0) is 14.5. The lowest BCUT2D eigenvalue weighted by atomic mass is 10.0. The number of hydrogen-bond donors (Lipinski definition) is 1. The van der Waals surface area contributed by atoms with Crippen LogP contribution in [-0.4, -0.2) is 17.7 Å².